The Balaban J connectivity index is 2.58. The van der Waals surface area contributed by atoms with E-state index >= 15 is 0 Å². The van der Waals surface area contributed by atoms with Gasteiger partial charge in [0.25, 0.3) is 0 Å². The number of hydrogen-bond donors (Lipinski definition) is 1. The third kappa shape index (κ3) is 5.28. The summed E-state index contributed by atoms with van der Waals surface area (Å²) in [6.07, 6.45) is -3.11. The quantitative estimate of drug-likeness (QED) is 0.821. The first-order valence-electron chi connectivity index (χ1n) is 6.29. The van der Waals surface area contributed by atoms with Crippen LogP contribution in [0.4, 0.5) is 13.2 Å². The van der Waals surface area contributed by atoms with Gasteiger partial charge < -0.3 is 10.6 Å². The second-order valence-corrected chi connectivity index (χ2v) is 7.45. The summed E-state index contributed by atoms with van der Waals surface area (Å²) < 4.78 is 59.9. The summed E-state index contributed by atoms with van der Waals surface area (Å²) in [5.74, 6) is -2.39. The van der Waals surface area contributed by atoms with Crippen molar-refractivity contribution in [3.8, 4) is 0 Å². The Kier molecular flexibility index (Phi) is 5.42. The van der Waals surface area contributed by atoms with Crippen LogP contribution in [0.1, 0.15) is 19.3 Å². The van der Waals surface area contributed by atoms with Gasteiger partial charge in [0.1, 0.15) is 9.84 Å². The van der Waals surface area contributed by atoms with Gasteiger partial charge in [-0.1, -0.05) is 0 Å². The molecular weight excluding hydrogens is 297 g/mol. The number of nitrogens with zero attached hydrogens (tertiary/aromatic N) is 1. The molecule has 118 valence electrons. The zero-order valence-corrected chi connectivity index (χ0v) is 12.0. The van der Waals surface area contributed by atoms with Crippen LogP contribution in [0.15, 0.2) is 0 Å². The van der Waals surface area contributed by atoms with E-state index in [4.69, 9.17) is 5.73 Å². The lowest BCUT2D eigenvalue weighted by Gasteiger charge is -2.35. The summed E-state index contributed by atoms with van der Waals surface area (Å²) in [4.78, 5) is 13.0. The molecule has 1 aliphatic rings. The minimum atomic E-state index is -4.32. The standard InChI is InChI=1S/C11H19F3N2O3S/c1-20(18,19)6-4-9(15)10(17)16-5-2-3-8(7-16)11(12,13)14/h8-9H,2-7,15H2,1H3. The first-order valence-corrected chi connectivity index (χ1v) is 8.35. The second kappa shape index (κ2) is 6.30. The molecule has 2 atom stereocenters. The largest absolute Gasteiger partial charge is 0.393 e. The van der Waals surface area contributed by atoms with Crippen LogP contribution in [-0.2, 0) is 14.6 Å². The highest BCUT2D eigenvalue weighted by Gasteiger charge is 2.43. The van der Waals surface area contributed by atoms with Crippen LogP contribution in [-0.4, -0.2) is 56.5 Å². The summed E-state index contributed by atoms with van der Waals surface area (Å²) in [5.41, 5.74) is 5.57. The number of sulfone groups is 1. The lowest BCUT2D eigenvalue weighted by Crippen LogP contribution is -2.50. The topological polar surface area (TPSA) is 80.5 Å². The van der Waals surface area contributed by atoms with Crippen LogP contribution in [0.2, 0.25) is 0 Å². The number of alkyl halides is 3. The Morgan fingerprint density at radius 3 is 2.55 bits per heavy atom. The van der Waals surface area contributed by atoms with Crippen molar-refractivity contribution in [2.24, 2.45) is 11.7 Å². The molecule has 1 rings (SSSR count). The van der Waals surface area contributed by atoms with E-state index in [1.54, 1.807) is 0 Å². The van der Waals surface area contributed by atoms with Gasteiger partial charge in [-0.3, -0.25) is 4.79 Å². The third-order valence-electron chi connectivity index (χ3n) is 3.31. The monoisotopic (exact) mass is 316 g/mol. The minimum Gasteiger partial charge on any atom is -0.341 e. The Hall–Kier alpha value is -0.830. The fourth-order valence-electron chi connectivity index (χ4n) is 2.14. The summed E-state index contributed by atoms with van der Waals surface area (Å²) in [7, 11) is -3.25. The van der Waals surface area contributed by atoms with Crippen LogP contribution in [0.3, 0.4) is 0 Å². The molecule has 1 fully saturated rings. The molecule has 0 aliphatic carbocycles. The van der Waals surface area contributed by atoms with Crippen LogP contribution in [0.25, 0.3) is 0 Å². The van der Waals surface area contributed by atoms with E-state index in [1.165, 1.54) is 0 Å². The van der Waals surface area contributed by atoms with Crippen LogP contribution in [0, 0.1) is 5.92 Å². The predicted octanol–water partition coefficient (Wildman–Crippen LogP) is 0.549. The number of carbonyl (C=O) groups excluding carboxylic acids is 1. The van der Waals surface area contributed by atoms with Crippen LogP contribution >= 0.6 is 0 Å². The molecule has 2 N–H and O–H groups in total. The van der Waals surface area contributed by atoms with Crippen LogP contribution < -0.4 is 5.73 Å². The van der Waals surface area contributed by atoms with Gasteiger partial charge >= 0.3 is 6.18 Å². The summed E-state index contributed by atoms with van der Waals surface area (Å²) >= 11 is 0. The molecule has 2 unspecified atom stereocenters. The van der Waals surface area contributed by atoms with Crippen LogP contribution in [0.5, 0.6) is 0 Å². The van der Waals surface area contributed by atoms with Crippen molar-refractivity contribution in [1.82, 2.24) is 4.90 Å². The lowest BCUT2D eigenvalue weighted by atomic mass is 9.97. The van der Waals surface area contributed by atoms with Gasteiger partial charge in [0, 0.05) is 19.3 Å². The first kappa shape index (κ1) is 17.2. The average molecular weight is 316 g/mol. The number of halogens is 3. The number of hydrogen-bond acceptors (Lipinski definition) is 4. The SMILES string of the molecule is CS(=O)(=O)CCC(N)C(=O)N1CCCC(C(F)(F)F)C1. The number of likely N-dealkylation sites (tertiary alicyclic amines) is 1. The molecule has 1 saturated heterocycles. The highest BCUT2D eigenvalue weighted by atomic mass is 32.2. The second-order valence-electron chi connectivity index (χ2n) is 5.19. The molecule has 0 bridgehead atoms. The van der Waals surface area contributed by atoms with Crippen molar-refractivity contribution in [3.63, 3.8) is 0 Å². The maximum absolute atomic E-state index is 12.6. The lowest BCUT2D eigenvalue weighted by molar-refractivity contribution is -0.188. The Morgan fingerprint density at radius 2 is 2.05 bits per heavy atom. The van der Waals surface area contributed by atoms with Crippen molar-refractivity contribution in [1.29, 1.82) is 0 Å². The zero-order valence-electron chi connectivity index (χ0n) is 11.2. The Bertz CT molecular complexity index is 450. The summed E-state index contributed by atoms with van der Waals surface area (Å²) in [6.45, 7) is -0.160. The fraction of sp³-hybridized carbons (Fsp3) is 0.909. The van der Waals surface area contributed by atoms with Gasteiger partial charge in [0.2, 0.25) is 5.91 Å². The zero-order chi connectivity index (χ0) is 15.6. The number of piperidine rings is 1. The number of amides is 1. The molecule has 20 heavy (non-hydrogen) atoms. The summed E-state index contributed by atoms with van der Waals surface area (Å²) in [5, 5.41) is 0. The Morgan fingerprint density at radius 1 is 1.45 bits per heavy atom. The van der Waals surface area contributed by atoms with E-state index in [0.29, 0.717) is 0 Å². The van der Waals surface area contributed by atoms with Gasteiger partial charge in [0.15, 0.2) is 0 Å². The van der Waals surface area contributed by atoms with E-state index in [2.05, 4.69) is 0 Å². The van der Waals surface area contributed by atoms with Crippen molar-refractivity contribution in [2.75, 3.05) is 25.1 Å². The van der Waals surface area contributed by atoms with Crippen molar-refractivity contribution in [3.05, 3.63) is 0 Å². The molecule has 0 aromatic heterocycles. The van der Waals surface area contributed by atoms with Gasteiger partial charge in [-0.25, -0.2) is 8.42 Å². The summed E-state index contributed by atoms with van der Waals surface area (Å²) in [6, 6.07) is -1.07. The van der Waals surface area contributed by atoms with E-state index < -0.39 is 40.4 Å². The van der Waals surface area contributed by atoms with E-state index in [1.807, 2.05) is 0 Å². The molecule has 1 heterocycles. The predicted molar refractivity (Wildman–Crippen MR) is 67.7 cm³/mol. The molecule has 0 saturated carbocycles. The fourth-order valence-corrected chi connectivity index (χ4v) is 2.83. The van der Waals surface area contributed by atoms with E-state index in [0.717, 1.165) is 11.2 Å². The van der Waals surface area contributed by atoms with Crippen molar-refractivity contribution < 1.29 is 26.4 Å². The molecule has 0 radical (unpaired) electrons. The number of rotatable bonds is 4. The molecule has 0 spiro atoms. The van der Waals surface area contributed by atoms with Crippen molar-refractivity contribution in [2.45, 2.75) is 31.5 Å². The first-order chi connectivity index (χ1) is 9.00. The van der Waals surface area contributed by atoms with Crippen molar-refractivity contribution >= 4 is 15.7 Å². The highest BCUT2D eigenvalue weighted by molar-refractivity contribution is 7.90. The molecular formula is C11H19F3N2O3S. The molecule has 0 aromatic carbocycles. The Labute approximate surface area is 116 Å². The molecule has 1 aliphatic heterocycles. The van der Waals surface area contributed by atoms with E-state index in [-0.39, 0.29) is 31.6 Å². The van der Waals surface area contributed by atoms with Gasteiger partial charge in [-0.05, 0) is 19.3 Å². The third-order valence-corrected chi connectivity index (χ3v) is 4.29. The molecule has 9 heteroatoms. The van der Waals surface area contributed by atoms with E-state index in [9.17, 15) is 26.4 Å². The average Bonchev–Trinajstić information content (AvgIpc) is 2.33. The van der Waals surface area contributed by atoms with Gasteiger partial charge in [-0.2, -0.15) is 13.2 Å². The molecule has 5 nitrogen and oxygen atoms in total. The number of nitrogens with two attached hydrogens (primary N) is 1. The molecule has 0 aromatic rings. The van der Waals surface area contributed by atoms with Gasteiger partial charge in [0.05, 0.1) is 17.7 Å². The smallest absolute Gasteiger partial charge is 0.341 e. The highest BCUT2D eigenvalue weighted by Crippen LogP contribution is 2.33. The molecule has 1 amide bonds. The normalized spacial score (nSPS) is 22.6. The maximum Gasteiger partial charge on any atom is 0.393 e. The maximum atomic E-state index is 12.6. The van der Waals surface area contributed by atoms with Gasteiger partial charge in [-0.15, -0.1) is 0 Å². The number of carbonyl (C=O) groups is 1. The minimum absolute atomic E-state index is 0.00581.